The average Bonchev–Trinajstić information content (AvgIpc) is 2.16. The molecule has 1 heterocycles. The normalized spacial score (nSPS) is 24.0. The molecular weight excluding hydrogens is 188 g/mol. The third-order valence-electron chi connectivity index (χ3n) is 3.25. The van der Waals surface area contributed by atoms with E-state index in [2.05, 4.69) is 24.1 Å². The second-order valence-corrected chi connectivity index (χ2v) is 5.41. The molecule has 0 aromatic heterocycles. The van der Waals surface area contributed by atoms with Crippen LogP contribution in [-0.2, 0) is 4.74 Å². The first-order valence-corrected chi connectivity index (χ1v) is 5.96. The number of nitrogens with one attached hydrogen (secondary N) is 1. The fraction of sp³-hybridized carbons (Fsp3) is 1.00. The summed E-state index contributed by atoms with van der Waals surface area (Å²) in [6.07, 6.45) is 2.67. The van der Waals surface area contributed by atoms with Gasteiger partial charge in [-0.1, -0.05) is 13.8 Å². The molecule has 0 radical (unpaired) electrons. The number of ether oxygens (including phenoxy) is 1. The van der Waals surface area contributed by atoms with Gasteiger partial charge in [-0.25, -0.2) is 0 Å². The van der Waals surface area contributed by atoms with E-state index in [1.165, 1.54) is 25.9 Å². The van der Waals surface area contributed by atoms with Gasteiger partial charge in [0.05, 0.1) is 6.61 Å². The predicted octanol–water partition coefficient (Wildman–Crippen LogP) is 1.34. The van der Waals surface area contributed by atoms with Crippen LogP contribution in [0.4, 0.5) is 0 Å². The Balaban J connectivity index is 2.50. The Morgan fingerprint density at radius 3 is 2.73 bits per heavy atom. The Kier molecular flexibility index (Phi) is 5.03. The molecule has 0 amide bonds. The predicted molar refractivity (Wildman–Crippen MR) is 64.2 cm³/mol. The fourth-order valence-corrected chi connectivity index (χ4v) is 2.50. The van der Waals surface area contributed by atoms with E-state index in [1.54, 1.807) is 7.11 Å². The monoisotopic (exact) mass is 214 g/mol. The van der Waals surface area contributed by atoms with Gasteiger partial charge in [-0.3, -0.25) is 4.90 Å². The topological polar surface area (TPSA) is 24.5 Å². The highest BCUT2D eigenvalue weighted by Gasteiger charge is 2.30. The quantitative estimate of drug-likeness (QED) is 0.747. The van der Waals surface area contributed by atoms with Crippen LogP contribution in [0.3, 0.4) is 0 Å². The van der Waals surface area contributed by atoms with Crippen LogP contribution in [0.1, 0.15) is 26.7 Å². The van der Waals surface area contributed by atoms with Crippen molar-refractivity contribution in [2.24, 2.45) is 5.41 Å². The number of likely N-dealkylation sites (tertiary alicyclic amines) is 1. The van der Waals surface area contributed by atoms with Gasteiger partial charge in [0.2, 0.25) is 0 Å². The number of hydrogen-bond donors (Lipinski definition) is 1. The molecule has 1 aliphatic heterocycles. The van der Waals surface area contributed by atoms with Gasteiger partial charge in [-0.2, -0.15) is 0 Å². The molecule has 1 saturated heterocycles. The van der Waals surface area contributed by atoms with E-state index in [4.69, 9.17) is 4.74 Å². The second-order valence-electron chi connectivity index (χ2n) is 5.41. The van der Waals surface area contributed by atoms with E-state index in [0.29, 0.717) is 11.5 Å². The summed E-state index contributed by atoms with van der Waals surface area (Å²) in [5, 5.41) is 3.26. The molecule has 1 rings (SSSR count). The van der Waals surface area contributed by atoms with Gasteiger partial charge in [0.1, 0.15) is 0 Å². The highest BCUT2D eigenvalue weighted by Crippen LogP contribution is 2.29. The Bertz CT molecular complexity index is 176. The summed E-state index contributed by atoms with van der Waals surface area (Å²) in [4.78, 5) is 2.57. The zero-order valence-electron chi connectivity index (χ0n) is 10.7. The number of hydrogen-bond acceptors (Lipinski definition) is 3. The van der Waals surface area contributed by atoms with E-state index < -0.39 is 0 Å². The second kappa shape index (κ2) is 5.83. The Morgan fingerprint density at radius 2 is 2.20 bits per heavy atom. The molecule has 0 bridgehead atoms. The van der Waals surface area contributed by atoms with E-state index in [-0.39, 0.29) is 0 Å². The summed E-state index contributed by atoms with van der Waals surface area (Å²) in [6.45, 7) is 8.99. The summed E-state index contributed by atoms with van der Waals surface area (Å²) < 4.78 is 5.30. The minimum atomic E-state index is 0.470. The molecule has 1 aliphatic rings. The van der Waals surface area contributed by atoms with Crippen molar-refractivity contribution in [3.8, 4) is 0 Å². The number of piperidine rings is 1. The van der Waals surface area contributed by atoms with Crippen LogP contribution < -0.4 is 5.32 Å². The third kappa shape index (κ3) is 4.09. The van der Waals surface area contributed by atoms with Gasteiger partial charge in [0.25, 0.3) is 0 Å². The minimum Gasteiger partial charge on any atom is -0.383 e. The highest BCUT2D eigenvalue weighted by molar-refractivity contribution is 4.84. The molecular formula is C12H26N2O. The number of likely N-dealkylation sites (N-methyl/N-ethyl adjacent to an activating group) is 1. The summed E-state index contributed by atoms with van der Waals surface area (Å²) >= 11 is 0. The molecule has 0 aromatic carbocycles. The van der Waals surface area contributed by atoms with Crippen LogP contribution in [0.25, 0.3) is 0 Å². The summed E-state index contributed by atoms with van der Waals surface area (Å²) in [5.41, 5.74) is 0.470. The van der Waals surface area contributed by atoms with Crippen LogP contribution in [-0.4, -0.2) is 51.3 Å². The van der Waals surface area contributed by atoms with E-state index in [9.17, 15) is 0 Å². The maximum Gasteiger partial charge on any atom is 0.0630 e. The van der Waals surface area contributed by atoms with Crippen molar-refractivity contribution >= 4 is 0 Å². The van der Waals surface area contributed by atoms with Crippen molar-refractivity contribution < 1.29 is 4.74 Å². The lowest BCUT2D eigenvalue weighted by Crippen LogP contribution is -2.51. The van der Waals surface area contributed by atoms with Crippen molar-refractivity contribution in [1.82, 2.24) is 10.2 Å². The van der Waals surface area contributed by atoms with Crippen LogP contribution in [0, 0.1) is 5.41 Å². The molecule has 3 heteroatoms. The molecule has 1 atom stereocenters. The van der Waals surface area contributed by atoms with Gasteiger partial charge < -0.3 is 10.1 Å². The van der Waals surface area contributed by atoms with Crippen molar-refractivity contribution in [3.63, 3.8) is 0 Å². The lowest BCUT2D eigenvalue weighted by Gasteiger charge is -2.42. The van der Waals surface area contributed by atoms with E-state index in [1.807, 2.05) is 7.05 Å². The summed E-state index contributed by atoms with van der Waals surface area (Å²) in [5.74, 6) is 0. The van der Waals surface area contributed by atoms with Gasteiger partial charge in [0, 0.05) is 26.2 Å². The first-order chi connectivity index (χ1) is 7.09. The molecule has 1 unspecified atom stereocenters. The van der Waals surface area contributed by atoms with Gasteiger partial charge in [-0.15, -0.1) is 0 Å². The van der Waals surface area contributed by atoms with Crippen molar-refractivity contribution in [2.45, 2.75) is 32.7 Å². The lowest BCUT2D eigenvalue weighted by atomic mass is 9.83. The average molecular weight is 214 g/mol. The minimum absolute atomic E-state index is 0.470. The molecule has 0 aliphatic carbocycles. The van der Waals surface area contributed by atoms with Crippen LogP contribution in [0.5, 0.6) is 0 Å². The van der Waals surface area contributed by atoms with Crippen molar-refractivity contribution in [1.29, 1.82) is 0 Å². The lowest BCUT2D eigenvalue weighted by molar-refractivity contribution is 0.0364. The SMILES string of the molecule is CNCC(COC)N1CCCC(C)(C)C1. The molecule has 15 heavy (non-hydrogen) atoms. The standard InChI is InChI=1S/C12H26N2O/c1-12(2)6-5-7-14(10-12)11(8-13-3)9-15-4/h11,13H,5-10H2,1-4H3. The molecule has 0 spiro atoms. The number of rotatable bonds is 5. The Morgan fingerprint density at radius 1 is 1.47 bits per heavy atom. The zero-order chi connectivity index (χ0) is 11.3. The maximum atomic E-state index is 5.30. The first-order valence-electron chi connectivity index (χ1n) is 5.96. The number of nitrogens with zero attached hydrogens (tertiary/aromatic N) is 1. The van der Waals surface area contributed by atoms with E-state index >= 15 is 0 Å². The highest BCUT2D eigenvalue weighted by atomic mass is 16.5. The number of methoxy groups -OCH3 is 1. The molecule has 1 fully saturated rings. The maximum absolute atomic E-state index is 5.30. The largest absolute Gasteiger partial charge is 0.383 e. The molecule has 0 aromatic rings. The Labute approximate surface area is 94.2 Å². The van der Waals surface area contributed by atoms with E-state index in [0.717, 1.165) is 13.2 Å². The Hall–Kier alpha value is -0.120. The fourth-order valence-electron chi connectivity index (χ4n) is 2.50. The van der Waals surface area contributed by atoms with Gasteiger partial charge >= 0.3 is 0 Å². The van der Waals surface area contributed by atoms with Gasteiger partial charge in [0.15, 0.2) is 0 Å². The smallest absolute Gasteiger partial charge is 0.0630 e. The summed E-state index contributed by atoms with van der Waals surface area (Å²) in [6, 6.07) is 0.527. The zero-order valence-corrected chi connectivity index (χ0v) is 10.7. The summed E-state index contributed by atoms with van der Waals surface area (Å²) in [7, 11) is 3.80. The molecule has 1 N–H and O–H groups in total. The third-order valence-corrected chi connectivity index (χ3v) is 3.25. The van der Waals surface area contributed by atoms with Gasteiger partial charge in [-0.05, 0) is 31.8 Å². The molecule has 3 nitrogen and oxygen atoms in total. The van der Waals surface area contributed by atoms with Crippen molar-refractivity contribution in [3.05, 3.63) is 0 Å². The molecule has 0 saturated carbocycles. The van der Waals surface area contributed by atoms with Crippen LogP contribution in [0.15, 0.2) is 0 Å². The van der Waals surface area contributed by atoms with Crippen molar-refractivity contribution in [2.75, 3.05) is 40.4 Å². The van der Waals surface area contributed by atoms with Crippen LogP contribution in [0.2, 0.25) is 0 Å². The molecule has 90 valence electrons. The first kappa shape index (κ1) is 12.9. The van der Waals surface area contributed by atoms with Crippen LogP contribution >= 0.6 is 0 Å².